The highest BCUT2D eigenvalue weighted by Gasteiger charge is 2.03. The number of hydrogen-bond acceptors (Lipinski definition) is 3. The lowest BCUT2D eigenvalue weighted by molar-refractivity contribution is -0.124. The maximum absolute atomic E-state index is 11.3. The second kappa shape index (κ2) is 7.62. The van der Waals surface area contributed by atoms with Crippen LogP contribution in [-0.2, 0) is 16.0 Å². The number of alkyl halides is 1. The molecule has 0 unspecified atom stereocenters. The van der Waals surface area contributed by atoms with Gasteiger partial charge in [-0.25, -0.2) is 0 Å². The van der Waals surface area contributed by atoms with Crippen LogP contribution in [0.5, 0.6) is 0 Å². The molecule has 5 nitrogen and oxygen atoms in total. The minimum absolute atomic E-state index is 0.0478. The fourth-order valence-corrected chi connectivity index (χ4v) is 1.26. The van der Waals surface area contributed by atoms with Gasteiger partial charge < -0.3 is 10.6 Å². The Bertz CT molecular complexity index is 370. The Morgan fingerprint density at radius 3 is 2.71 bits per heavy atom. The first-order chi connectivity index (χ1) is 8.22. The molecule has 0 aliphatic rings. The van der Waals surface area contributed by atoms with Gasteiger partial charge in [0.1, 0.15) is 5.88 Å². The number of nitrogens with zero attached hydrogens (tertiary/aromatic N) is 1. The summed E-state index contributed by atoms with van der Waals surface area (Å²) in [5.74, 6) is -0.729. The molecule has 2 N–H and O–H groups in total. The van der Waals surface area contributed by atoms with E-state index in [-0.39, 0.29) is 24.2 Å². The Labute approximate surface area is 105 Å². The van der Waals surface area contributed by atoms with Crippen LogP contribution in [0.1, 0.15) is 5.69 Å². The zero-order valence-electron chi connectivity index (χ0n) is 9.28. The molecule has 0 spiro atoms. The van der Waals surface area contributed by atoms with Gasteiger partial charge >= 0.3 is 0 Å². The van der Waals surface area contributed by atoms with Gasteiger partial charge in [-0.1, -0.05) is 6.07 Å². The van der Waals surface area contributed by atoms with Crippen LogP contribution >= 0.6 is 11.6 Å². The molecule has 1 rings (SSSR count). The highest BCUT2D eigenvalue weighted by atomic mass is 35.5. The molecule has 0 aromatic carbocycles. The smallest absolute Gasteiger partial charge is 0.239 e. The zero-order valence-corrected chi connectivity index (χ0v) is 10.0. The van der Waals surface area contributed by atoms with Gasteiger partial charge in [0.2, 0.25) is 11.8 Å². The Morgan fingerprint density at radius 1 is 1.24 bits per heavy atom. The molecule has 0 bridgehead atoms. The van der Waals surface area contributed by atoms with E-state index in [0.29, 0.717) is 13.0 Å². The molecule has 1 aromatic rings. The number of rotatable bonds is 6. The van der Waals surface area contributed by atoms with Gasteiger partial charge in [-0.05, 0) is 12.1 Å². The molecule has 2 amide bonds. The van der Waals surface area contributed by atoms with Gasteiger partial charge in [0, 0.05) is 24.9 Å². The van der Waals surface area contributed by atoms with Crippen LogP contribution in [-0.4, -0.2) is 35.8 Å². The molecule has 1 heterocycles. The summed E-state index contributed by atoms with van der Waals surface area (Å²) >= 11 is 5.27. The van der Waals surface area contributed by atoms with Crippen LogP contribution in [0.2, 0.25) is 0 Å². The fraction of sp³-hybridized carbons (Fsp3) is 0.364. The van der Waals surface area contributed by atoms with Gasteiger partial charge in [-0.2, -0.15) is 0 Å². The molecule has 0 saturated carbocycles. The highest BCUT2D eigenvalue weighted by Crippen LogP contribution is 1.92. The number of amides is 2. The molecule has 0 atom stereocenters. The molecule has 0 aliphatic heterocycles. The van der Waals surface area contributed by atoms with E-state index in [9.17, 15) is 9.59 Å². The first kappa shape index (κ1) is 13.4. The second-order valence-corrected chi connectivity index (χ2v) is 3.60. The average molecular weight is 256 g/mol. The normalized spacial score (nSPS) is 9.71. The second-order valence-electron chi connectivity index (χ2n) is 3.33. The summed E-state index contributed by atoms with van der Waals surface area (Å²) in [5.41, 5.74) is 0.914. The monoisotopic (exact) mass is 255 g/mol. The molecule has 0 fully saturated rings. The van der Waals surface area contributed by atoms with E-state index in [4.69, 9.17) is 11.6 Å². The average Bonchev–Trinajstić information content (AvgIpc) is 2.37. The summed E-state index contributed by atoms with van der Waals surface area (Å²) in [6, 6.07) is 5.62. The summed E-state index contributed by atoms with van der Waals surface area (Å²) in [6.07, 6.45) is 2.37. The highest BCUT2D eigenvalue weighted by molar-refractivity contribution is 6.27. The Kier molecular flexibility index (Phi) is 6.03. The Balaban J connectivity index is 2.14. The molecule has 0 saturated heterocycles. The van der Waals surface area contributed by atoms with Gasteiger partial charge in [-0.3, -0.25) is 14.6 Å². The van der Waals surface area contributed by atoms with Crippen molar-refractivity contribution in [2.75, 3.05) is 19.0 Å². The summed E-state index contributed by atoms with van der Waals surface area (Å²) in [4.78, 5) is 26.2. The third kappa shape index (κ3) is 5.87. The van der Waals surface area contributed by atoms with Gasteiger partial charge in [0.15, 0.2) is 0 Å². The molecular weight excluding hydrogens is 242 g/mol. The van der Waals surface area contributed by atoms with Crippen molar-refractivity contribution >= 4 is 23.4 Å². The minimum atomic E-state index is -0.355. The van der Waals surface area contributed by atoms with Crippen LogP contribution < -0.4 is 10.6 Å². The van der Waals surface area contributed by atoms with Crippen molar-refractivity contribution in [2.24, 2.45) is 0 Å². The van der Waals surface area contributed by atoms with Crippen LogP contribution in [0.15, 0.2) is 24.4 Å². The van der Waals surface area contributed by atoms with Crippen molar-refractivity contribution in [3.63, 3.8) is 0 Å². The van der Waals surface area contributed by atoms with E-state index in [1.54, 1.807) is 6.20 Å². The topological polar surface area (TPSA) is 71.1 Å². The first-order valence-electron chi connectivity index (χ1n) is 5.21. The number of nitrogens with one attached hydrogen (secondary N) is 2. The molecule has 92 valence electrons. The lowest BCUT2D eigenvalue weighted by Gasteiger charge is -2.05. The van der Waals surface area contributed by atoms with E-state index in [2.05, 4.69) is 15.6 Å². The van der Waals surface area contributed by atoms with Gasteiger partial charge in [-0.15, -0.1) is 11.6 Å². The largest absolute Gasteiger partial charge is 0.354 e. The van der Waals surface area contributed by atoms with Gasteiger partial charge in [0.05, 0.1) is 6.54 Å². The van der Waals surface area contributed by atoms with Crippen molar-refractivity contribution in [2.45, 2.75) is 6.42 Å². The number of aromatic nitrogens is 1. The first-order valence-corrected chi connectivity index (χ1v) is 5.75. The van der Waals surface area contributed by atoms with E-state index < -0.39 is 0 Å². The molecule has 6 heteroatoms. The van der Waals surface area contributed by atoms with Crippen molar-refractivity contribution < 1.29 is 9.59 Å². The molecule has 1 aromatic heterocycles. The van der Waals surface area contributed by atoms with Crippen molar-refractivity contribution in [1.29, 1.82) is 0 Å². The van der Waals surface area contributed by atoms with E-state index in [0.717, 1.165) is 5.69 Å². The van der Waals surface area contributed by atoms with Crippen molar-refractivity contribution in [3.8, 4) is 0 Å². The number of carbonyl (C=O) groups is 2. The number of halogens is 1. The van der Waals surface area contributed by atoms with Crippen LogP contribution in [0.3, 0.4) is 0 Å². The lowest BCUT2D eigenvalue weighted by atomic mass is 10.3. The van der Waals surface area contributed by atoms with Crippen molar-refractivity contribution in [1.82, 2.24) is 15.6 Å². The standard InChI is InChI=1S/C11H14ClN3O2/c12-7-10(16)15-8-11(17)14-6-4-9-3-1-2-5-13-9/h1-3,5H,4,6-8H2,(H,14,17)(H,15,16). The molecule has 0 radical (unpaired) electrons. The summed E-state index contributed by atoms with van der Waals surface area (Å²) < 4.78 is 0. The summed E-state index contributed by atoms with van der Waals surface area (Å²) in [5, 5.41) is 5.06. The maximum Gasteiger partial charge on any atom is 0.239 e. The third-order valence-corrected chi connectivity index (χ3v) is 2.24. The predicted molar refractivity (Wildman–Crippen MR) is 64.7 cm³/mol. The maximum atomic E-state index is 11.3. The Morgan fingerprint density at radius 2 is 2.06 bits per heavy atom. The van der Waals surface area contributed by atoms with E-state index in [1.165, 1.54) is 0 Å². The number of carbonyl (C=O) groups excluding carboxylic acids is 2. The minimum Gasteiger partial charge on any atom is -0.354 e. The third-order valence-electron chi connectivity index (χ3n) is 2.00. The Hall–Kier alpha value is -1.62. The van der Waals surface area contributed by atoms with E-state index >= 15 is 0 Å². The van der Waals surface area contributed by atoms with E-state index in [1.807, 2.05) is 18.2 Å². The molecule has 17 heavy (non-hydrogen) atoms. The van der Waals surface area contributed by atoms with Crippen LogP contribution in [0.4, 0.5) is 0 Å². The summed E-state index contributed by atoms with van der Waals surface area (Å²) in [7, 11) is 0. The van der Waals surface area contributed by atoms with Crippen LogP contribution in [0, 0.1) is 0 Å². The lowest BCUT2D eigenvalue weighted by Crippen LogP contribution is -2.38. The quantitative estimate of drug-likeness (QED) is 0.708. The number of hydrogen-bond donors (Lipinski definition) is 2. The summed E-state index contributed by atoms with van der Waals surface area (Å²) in [6.45, 7) is 0.445. The van der Waals surface area contributed by atoms with Crippen LogP contribution in [0.25, 0.3) is 0 Å². The molecule has 0 aliphatic carbocycles. The number of pyridine rings is 1. The van der Waals surface area contributed by atoms with Crippen molar-refractivity contribution in [3.05, 3.63) is 30.1 Å². The SMILES string of the molecule is O=C(CCl)NCC(=O)NCCc1ccccn1. The molecular formula is C11H14ClN3O2. The fourth-order valence-electron chi connectivity index (χ4n) is 1.16. The predicted octanol–water partition coefficient (Wildman–Crippen LogP) is 0.0953. The van der Waals surface area contributed by atoms with Gasteiger partial charge in [0.25, 0.3) is 0 Å². The zero-order chi connectivity index (χ0) is 12.5.